The number of aromatic nitrogens is 2. The van der Waals surface area contributed by atoms with Crippen LogP contribution in [0.2, 0.25) is 0 Å². The van der Waals surface area contributed by atoms with Gasteiger partial charge in [-0.3, -0.25) is 9.36 Å². The summed E-state index contributed by atoms with van der Waals surface area (Å²) < 4.78 is 47.2. The third-order valence-electron chi connectivity index (χ3n) is 9.83. The van der Waals surface area contributed by atoms with Gasteiger partial charge < -0.3 is 9.80 Å². The molecule has 1 spiro atoms. The lowest BCUT2D eigenvalue weighted by molar-refractivity contribution is -0.137. The van der Waals surface area contributed by atoms with Crippen LogP contribution in [-0.2, 0) is 17.5 Å². The van der Waals surface area contributed by atoms with Crippen LogP contribution in [0.1, 0.15) is 63.0 Å². The summed E-state index contributed by atoms with van der Waals surface area (Å²) in [7, 11) is 0. The number of piperazine rings is 1. The van der Waals surface area contributed by atoms with Crippen molar-refractivity contribution >= 4 is 34.4 Å². The number of benzene rings is 2. The van der Waals surface area contributed by atoms with Crippen molar-refractivity contribution in [3.05, 3.63) is 64.6 Å². The summed E-state index contributed by atoms with van der Waals surface area (Å²) >= 11 is 1.48. The maximum atomic E-state index is 15.2. The molecule has 1 saturated heterocycles. The smallest absolute Gasteiger partial charge is 0.352 e. The zero-order valence-corrected chi connectivity index (χ0v) is 25.2. The largest absolute Gasteiger partial charge is 0.417 e. The third-order valence-corrected chi connectivity index (χ3v) is 11.3. The van der Waals surface area contributed by atoms with Crippen molar-refractivity contribution in [2.45, 2.75) is 81.6 Å². The summed E-state index contributed by atoms with van der Waals surface area (Å²) in [6, 6.07) is 8.23. The first-order valence-electron chi connectivity index (χ1n) is 15.1. The molecular weight excluding hydrogens is 573 g/mol. The lowest BCUT2D eigenvalue weighted by Crippen LogP contribution is -2.58. The topological polar surface area (TPSA) is 58.4 Å². The number of thioether (sulfide) groups is 1. The molecule has 0 radical (unpaired) electrons. The van der Waals surface area contributed by atoms with Crippen molar-refractivity contribution in [3.63, 3.8) is 0 Å². The Morgan fingerprint density at radius 1 is 1.14 bits per heavy atom. The Kier molecular flexibility index (Phi) is 6.72. The quantitative estimate of drug-likeness (QED) is 0.304. The molecule has 10 heteroatoms. The number of nitrogens with zero attached hydrogens (tertiary/aromatic N) is 4. The summed E-state index contributed by atoms with van der Waals surface area (Å²) in [4.78, 5) is 35.1. The molecule has 2 aromatic carbocycles. The number of amides is 1. The molecule has 43 heavy (non-hydrogen) atoms. The van der Waals surface area contributed by atoms with Gasteiger partial charge in [0.2, 0.25) is 5.91 Å². The minimum Gasteiger partial charge on any atom is -0.352 e. The van der Waals surface area contributed by atoms with Crippen molar-refractivity contribution in [2.75, 3.05) is 23.7 Å². The minimum absolute atomic E-state index is 0.130. The summed E-state index contributed by atoms with van der Waals surface area (Å²) in [5.74, 6) is 0.984. The monoisotopic (exact) mass is 608 g/mol. The fraction of sp³-hybridized carbons (Fsp3) is 0.485. The van der Waals surface area contributed by atoms with Crippen LogP contribution in [-0.4, -0.2) is 51.3 Å². The second kappa shape index (κ2) is 10.1. The number of alkyl halides is 3. The SMILES string of the molecule is C=CC(=O)N1[C@H](C)CN(c2nc(=O)n3c4c(c(-c5ccccc5C5CC5)c(C(F)(F)F)cc24)SCC2(CCC2)C3)C[C@@H]1C. The van der Waals surface area contributed by atoms with Crippen LogP contribution in [0.5, 0.6) is 0 Å². The molecule has 6 nitrogen and oxygen atoms in total. The average molecular weight is 609 g/mol. The summed E-state index contributed by atoms with van der Waals surface area (Å²) in [5.41, 5.74) is 1.07. The first-order chi connectivity index (χ1) is 20.5. The zero-order valence-electron chi connectivity index (χ0n) is 24.4. The number of halogens is 3. The number of rotatable bonds is 4. The Morgan fingerprint density at radius 2 is 1.84 bits per heavy atom. The Labute approximate surface area is 253 Å². The molecule has 0 unspecified atom stereocenters. The van der Waals surface area contributed by atoms with Gasteiger partial charge >= 0.3 is 11.9 Å². The first-order valence-corrected chi connectivity index (χ1v) is 16.1. The van der Waals surface area contributed by atoms with Gasteiger partial charge in [-0.05, 0) is 74.1 Å². The maximum Gasteiger partial charge on any atom is 0.417 e. The van der Waals surface area contributed by atoms with Gasteiger partial charge in [0.25, 0.3) is 0 Å². The van der Waals surface area contributed by atoms with E-state index < -0.39 is 17.4 Å². The summed E-state index contributed by atoms with van der Waals surface area (Å²) in [5, 5.41) is 0.348. The zero-order chi connectivity index (χ0) is 30.3. The summed E-state index contributed by atoms with van der Waals surface area (Å²) in [6.07, 6.45) is 1.53. The van der Waals surface area contributed by atoms with Crippen LogP contribution >= 0.6 is 11.8 Å². The average Bonchev–Trinajstić information content (AvgIpc) is 3.80. The number of carbonyl (C=O) groups is 1. The van der Waals surface area contributed by atoms with Crippen molar-refractivity contribution in [1.82, 2.24) is 14.5 Å². The Morgan fingerprint density at radius 3 is 2.44 bits per heavy atom. The molecule has 3 fully saturated rings. The molecule has 2 saturated carbocycles. The molecule has 1 amide bonds. The first kappa shape index (κ1) is 28.5. The molecule has 4 aliphatic rings. The van der Waals surface area contributed by atoms with Crippen molar-refractivity contribution in [2.24, 2.45) is 5.41 Å². The normalized spacial score (nSPS) is 23.3. The second-order valence-electron chi connectivity index (χ2n) is 12.9. The minimum atomic E-state index is -4.62. The van der Waals surface area contributed by atoms with Gasteiger partial charge in [-0.25, -0.2) is 4.79 Å². The van der Waals surface area contributed by atoms with E-state index in [1.54, 1.807) is 9.47 Å². The van der Waals surface area contributed by atoms with Gasteiger partial charge in [-0.1, -0.05) is 37.3 Å². The maximum absolute atomic E-state index is 15.2. The fourth-order valence-electron chi connectivity index (χ4n) is 7.51. The van der Waals surface area contributed by atoms with E-state index in [4.69, 9.17) is 0 Å². The number of anilines is 1. The van der Waals surface area contributed by atoms with Gasteiger partial charge in [0.1, 0.15) is 5.82 Å². The van der Waals surface area contributed by atoms with Crippen molar-refractivity contribution in [3.8, 4) is 11.1 Å². The van der Waals surface area contributed by atoms with E-state index in [0.717, 1.165) is 37.7 Å². The molecule has 2 atom stereocenters. The molecule has 3 heterocycles. The second-order valence-corrected chi connectivity index (χ2v) is 13.9. The molecule has 0 bridgehead atoms. The van der Waals surface area contributed by atoms with Crippen LogP contribution in [0.25, 0.3) is 22.0 Å². The molecule has 3 aromatic rings. The molecule has 2 aliphatic carbocycles. The fourth-order valence-corrected chi connectivity index (χ4v) is 9.06. The molecule has 2 aliphatic heterocycles. The molecule has 226 valence electrons. The van der Waals surface area contributed by atoms with Crippen LogP contribution in [0, 0.1) is 5.41 Å². The van der Waals surface area contributed by atoms with Crippen LogP contribution in [0.4, 0.5) is 19.0 Å². The van der Waals surface area contributed by atoms with Gasteiger partial charge in [0.15, 0.2) is 0 Å². The highest BCUT2D eigenvalue weighted by Crippen LogP contribution is 2.55. The van der Waals surface area contributed by atoms with E-state index in [0.29, 0.717) is 46.7 Å². The van der Waals surface area contributed by atoms with Gasteiger partial charge in [0.05, 0.1) is 11.1 Å². The number of carbonyl (C=O) groups excluding carboxylic acids is 1. The Bertz CT molecular complexity index is 1700. The highest BCUT2D eigenvalue weighted by molar-refractivity contribution is 7.99. The molecule has 0 N–H and O–H groups in total. The van der Waals surface area contributed by atoms with Crippen LogP contribution < -0.4 is 10.6 Å². The third kappa shape index (κ3) is 4.67. The van der Waals surface area contributed by atoms with Gasteiger partial charge in [-0.15, -0.1) is 11.8 Å². The van der Waals surface area contributed by atoms with Crippen LogP contribution in [0.15, 0.2) is 52.7 Å². The van der Waals surface area contributed by atoms with Crippen molar-refractivity contribution < 1.29 is 18.0 Å². The van der Waals surface area contributed by atoms with E-state index in [-0.39, 0.29) is 40.7 Å². The number of hydrogen-bond acceptors (Lipinski definition) is 5. The molecule has 1 aromatic heterocycles. The van der Waals surface area contributed by atoms with E-state index in [1.165, 1.54) is 23.9 Å². The summed E-state index contributed by atoms with van der Waals surface area (Å²) in [6.45, 7) is 8.56. The standard InChI is InChI=1S/C33H35F3N4O2S/c1-4-26(41)40-19(2)15-38(16-20(40)3)30-24-14-25(33(34,35)36)27(23-9-6-5-8-22(23)21-10-11-21)29-28(24)39(31(42)37-30)17-32(18-43-29)12-7-13-32/h4-6,8-9,14,19-21H,1,7,10-13,15-18H2,2-3H3/t19-,20+. The Hall–Kier alpha value is -3.27. The number of hydrogen-bond donors (Lipinski definition) is 0. The lowest BCUT2D eigenvalue weighted by Gasteiger charge is -2.45. The van der Waals surface area contributed by atoms with Crippen LogP contribution in [0.3, 0.4) is 0 Å². The Balaban J connectivity index is 1.51. The molecule has 7 rings (SSSR count). The lowest BCUT2D eigenvalue weighted by atomic mass is 9.70. The highest BCUT2D eigenvalue weighted by atomic mass is 32.2. The highest BCUT2D eigenvalue weighted by Gasteiger charge is 2.44. The molecular formula is C33H35F3N4O2S. The van der Waals surface area contributed by atoms with E-state index in [9.17, 15) is 9.59 Å². The van der Waals surface area contributed by atoms with E-state index in [2.05, 4.69) is 11.6 Å². The van der Waals surface area contributed by atoms with Gasteiger partial charge in [0, 0.05) is 53.3 Å². The predicted octanol–water partition coefficient (Wildman–Crippen LogP) is 6.85. The predicted molar refractivity (Wildman–Crippen MR) is 164 cm³/mol. The van der Waals surface area contributed by atoms with E-state index >= 15 is 13.2 Å². The van der Waals surface area contributed by atoms with Crippen molar-refractivity contribution in [1.29, 1.82) is 0 Å². The van der Waals surface area contributed by atoms with Gasteiger partial charge in [-0.2, -0.15) is 18.2 Å². The van der Waals surface area contributed by atoms with E-state index in [1.807, 2.05) is 43.0 Å².